The molecule has 1 aliphatic rings. The number of aryl methyl sites for hydroxylation is 2. The van der Waals surface area contributed by atoms with Crippen molar-refractivity contribution in [2.24, 2.45) is 10.8 Å². The van der Waals surface area contributed by atoms with E-state index in [0.717, 1.165) is 44.9 Å². The van der Waals surface area contributed by atoms with Crippen LogP contribution in [0, 0.1) is 10.8 Å². The zero-order chi connectivity index (χ0) is 21.7. The van der Waals surface area contributed by atoms with Crippen molar-refractivity contribution in [1.82, 2.24) is 0 Å². The smallest absolute Gasteiger partial charge is 0.309 e. The van der Waals surface area contributed by atoms with Crippen LogP contribution in [0.4, 0.5) is 0 Å². The molecule has 1 fully saturated rings. The van der Waals surface area contributed by atoms with Crippen LogP contribution in [-0.2, 0) is 22.4 Å². The van der Waals surface area contributed by atoms with Gasteiger partial charge >= 0.3 is 11.9 Å². The fourth-order valence-electron chi connectivity index (χ4n) is 3.73. The molecule has 0 atom stereocenters. The zero-order valence-corrected chi connectivity index (χ0v) is 17.5. The van der Waals surface area contributed by atoms with E-state index >= 15 is 0 Å². The number of aliphatic carboxylic acids is 2. The van der Waals surface area contributed by atoms with Crippen molar-refractivity contribution in [3.63, 3.8) is 0 Å². The topological polar surface area (TPSA) is 115 Å². The van der Waals surface area contributed by atoms with Gasteiger partial charge in [-0.05, 0) is 76.3 Å². The highest BCUT2D eigenvalue weighted by Gasteiger charge is 2.49. The second kappa shape index (κ2) is 9.51. The molecule has 29 heavy (non-hydrogen) atoms. The van der Waals surface area contributed by atoms with Crippen LogP contribution in [0.2, 0.25) is 0 Å². The summed E-state index contributed by atoms with van der Waals surface area (Å²) in [4.78, 5) is 22.3. The summed E-state index contributed by atoms with van der Waals surface area (Å²) in [5, 5.41) is 38.9. The minimum Gasteiger partial charge on any atom is -0.504 e. The van der Waals surface area contributed by atoms with Gasteiger partial charge in [-0.2, -0.15) is 0 Å². The van der Waals surface area contributed by atoms with Crippen molar-refractivity contribution in [2.75, 3.05) is 0 Å². The number of carboxylic acid groups (broad SMARTS) is 2. The van der Waals surface area contributed by atoms with Gasteiger partial charge in [0.1, 0.15) is 0 Å². The van der Waals surface area contributed by atoms with Crippen LogP contribution in [0.15, 0.2) is 12.1 Å². The molecule has 0 radical (unpaired) electrons. The third kappa shape index (κ3) is 6.12. The van der Waals surface area contributed by atoms with E-state index in [-0.39, 0.29) is 11.5 Å². The number of phenols is 2. The van der Waals surface area contributed by atoms with Crippen LogP contribution in [-0.4, -0.2) is 32.4 Å². The lowest BCUT2D eigenvalue weighted by atomic mass is 9.87. The van der Waals surface area contributed by atoms with Gasteiger partial charge in [0.05, 0.1) is 10.8 Å². The first-order chi connectivity index (χ1) is 13.6. The molecule has 0 heterocycles. The molecule has 4 N–H and O–H groups in total. The number of hydrogen-bond donors (Lipinski definition) is 4. The molecule has 0 bridgehead atoms. The molecule has 0 aliphatic heterocycles. The Bertz CT molecular complexity index is 733. The molecular formula is C23H34O6. The minimum absolute atomic E-state index is 0.0717. The van der Waals surface area contributed by atoms with Crippen molar-refractivity contribution >= 4 is 11.9 Å². The lowest BCUT2D eigenvalue weighted by molar-refractivity contribution is -0.147. The number of aromatic hydroxyl groups is 2. The number of hydrogen-bond acceptors (Lipinski definition) is 4. The van der Waals surface area contributed by atoms with Crippen LogP contribution in [0.3, 0.4) is 0 Å². The fourth-order valence-corrected chi connectivity index (χ4v) is 3.73. The zero-order valence-electron chi connectivity index (χ0n) is 17.5. The predicted molar refractivity (Wildman–Crippen MR) is 110 cm³/mol. The molecule has 162 valence electrons. The van der Waals surface area contributed by atoms with Gasteiger partial charge in [0.15, 0.2) is 11.5 Å². The van der Waals surface area contributed by atoms with Crippen LogP contribution in [0.25, 0.3) is 0 Å². The molecule has 1 saturated carbocycles. The van der Waals surface area contributed by atoms with E-state index in [2.05, 4.69) is 0 Å². The lowest BCUT2D eigenvalue weighted by Gasteiger charge is -2.18. The molecule has 6 heteroatoms. The van der Waals surface area contributed by atoms with Crippen molar-refractivity contribution in [1.29, 1.82) is 0 Å². The molecule has 1 aromatic rings. The largest absolute Gasteiger partial charge is 0.504 e. The van der Waals surface area contributed by atoms with E-state index in [0.29, 0.717) is 36.8 Å². The third-order valence-electron chi connectivity index (χ3n) is 6.30. The molecule has 1 aromatic carbocycles. The van der Waals surface area contributed by atoms with E-state index in [4.69, 9.17) is 5.11 Å². The Balaban J connectivity index is 1.75. The monoisotopic (exact) mass is 406 g/mol. The van der Waals surface area contributed by atoms with Gasteiger partial charge < -0.3 is 20.4 Å². The molecule has 0 unspecified atom stereocenters. The van der Waals surface area contributed by atoms with Crippen molar-refractivity contribution < 1.29 is 30.0 Å². The fraction of sp³-hybridized carbons (Fsp3) is 0.652. The van der Waals surface area contributed by atoms with Gasteiger partial charge in [0.2, 0.25) is 0 Å². The summed E-state index contributed by atoms with van der Waals surface area (Å²) in [6.07, 6.45) is 8.11. The Kier molecular flexibility index (Phi) is 7.55. The Morgan fingerprint density at radius 1 is 0.897 bits per heavy atom. The number of phenolic OH excluding ortho intramolecular Hbond substituents is 2. The maximum Gasteiger partial charge on any atom is 0.309 e. The third-order valence-corrected chi connectivity index (χ3v) is 6.30. The summed E-state index contributed by atoms with van der Waals surface area (Å²) in [5.41, 5.74) is 0.167. The second-order valence-corrected chi connectivity index (χ2v) is 9.12. The van der Waals surface area contributed by atoms with Crippen LogP contribution < -0.4 is 0 Å². The van der Waals surface area contributed by atoms with Crippen LogP contribution >= 0.6 is 0 Å². The van der Waals surface area contributed by atoms with E-state index in [1.165, 1.54) is 0 Å². The summed E-state index contributed by atoms with van der Waals surface area (Å²) >= 11 is 0. The van der Waals surface area contributed by atoms with Gasteiger partial charge in [-0.1, -0.05) is 31.4 Å². The molecule has 1 aliphatic carbocycles. The highest BCUT2D eigenvalue weighted by molar-refractivity contribution is 5.77. The Labute approximate surface area is 172 Å². The average molecular weight is 407 g/mol. The summed E-state index contributed by atoms with van der Waals surface area (Å²) in [6.45, 7) is 3.45. The van der Waals surface area contributed by atoms with Crippen molar-refractivity contribution in [3.8, 4) is 11.5 Å². The first-order valence-corrected chi connectivity index (χ1v) is 10.6. The predicted octanol–water partition coefficient (Wildman–Crippen LogP) is 4.89. The van der Waals surface area contributed by atoms with Gasteiger partial charge in [-0.25, -0.2) is 0 Å². The number of benzene rings is 1. The summed E-state index contributed by atoms with van der Waals surface area (Å²) in [7, 11) is 0. The van der Waals surface area contributed by atoms with E-state index in [1.54, 1.807) is 13.8 Å². The molecule has 0 spiro atoms. The van der Waals surface area contributed by atoms with Gasteiger partial charge in [0, 0.05) is 0 Å². The molecule has 2 rings (SSSR count). The number of carboxylic acids is 2. The number of unbranched alkanes of at least 4 members (excludes halogenated alkanes) is 3. The highest BCUT2D eigenvalue weighted by atomic mass is 16.4. The van der Waals surface area contributed by atoms with Crippen LogP contribution in [0.1, 0.15) is 82.8 Å². The Hall–Kier alpha value is -2.24. The van der Waals surface area contributed by atoms with Crippen molar-refractivity contribution in [3.05, 3.63) is 23.3 Å². The lowest BCUT2D eigenvalue weighted by Crippen LogP contribution is -2.23. The molecular weight excluding hydrogens is 372 g/mol. The quantitative estimate of drug-likeness (QED) is 0.274. The summed E-state index contributed by atoms with van der Waals surface area (Å²) in [5.74, 6) is -1.63. The maximum atomic E-state index is 11.2. The minimum atomic E-state index is -0.786. The molecule has 0 amide bonds. The number of rotatable bonds is 13. The van der Waals surface area contributed by atoms with Gasteiger partial charge in [-0.3, -0.25) is 9.59 Å². The molecule has 0 saturated heterocycles. The van der Waals surface area contributed by atoms with E-state index < -0.39 is 22.8 Å². The van der Waals surface area contributed by atoms with E-state index in [1.807, 2.05) is 12.1 Å². The first-order valence-electron chi connectivity index (χ1n) is 10.6. The van der Waals surface area contributed by atoms with Crippen LogP contribution in [0.5, 0.6) is 11.5 Å². The SMILES string of the molecule is CC(C)(CCCCCc1ccc(CCCCC2(C(=O)O)CC2)c(O)c1O)C(=O)O. The first kappa shape index (κ1) is 23.0. The molecule has 0 aromatic heterocycles. The highest BCUT2D eigenvalue weighted by Crippen LogP contribution is 2.50. The average Bonchev–Trinajstić information content (AvgIpc) is 3.44. The molecule has 6 nitrogen and oxygen atoms in total. The number of carbonyl (C=O) groups is 2. The normalized spacial score (nSPS) is 15.2. The van der Waals surface area contributed by atoms with Crippen molar-refractivity contribution in [2.45, 2.75) is 84.5 Å². The maximum absolute atomic E-state index is 11.2. The Morgan fingerprint density at radius 3 is 1.86 bits per heavy atom. The summed E-state index contributed by atoms with van der Waals surface area (Å²) in [6, 6.07) is 3.67. The summed E-state index contributed by atoms with van der Waals surface area (Å²) < 4.78 is 0. The Morgan fingerprint density at radius 2 is 1.41 bits per heavy atom. The second-order valence-electron chi connectivity index (χ2n) is 9.12. The van der Waals surface area contributed by atoms with E-state index in [9.17, 15) is 24.9 Å². The van der Waals surface area contributed by atoms with Gasteiger partial charge in [0.25, 0.3) is 0 Å². The van der Waals surface area contributed by atoms with Gasteiger partial charge in [-0.15, -0.1) is 0 Å². The standard InChI is InChI=1S/C23H34O6/c1-22(2,20(26)27)12-6-3-4-8-16-10-11-17(19(25)18(16)24)9-5-7-13-23(14-15-23)21(28)29/h10-11,24-25H,3-9,12-15H2,1-2H3,(H,26,27)(H,28,29).